The molecular formula is C28H22N2O5. The minimum Gasteiger partial charge on any atom is -0.497 e. The zero-order chi connectivity index (χ0) is 24.3. The van der Waals surface area contributed by atoms with Gasteiger partial charge in [0, 0.05) is 24.8 Å². The summed E-state index contributed by atoms with van der Waals surface area (Å²) >= 11 is 0. The van der Waals surface area contributed by atoms with Crippen LogP contribution in [0.3, 0.4) is 0 Å². The highest BCUT2D eigenvalue weighted by molar-refractivity contribution is 6.16. The molecule has 3 heterocycles. The molecule has 1 aromatic heterocycles. The van der Waals surface area contributed by atoms with Crippen LogP contribution in [-0.4, -0.2) is 37.4 Å². The van der Waals surface area contributed by atoms with Gasteiger partial charge in [-0.3, -0.25) is 14.4 Å². The fourth-order valence-electron chi connectivity index (χ4n) is 5.38. The van der Waals surface area contributed by atoms with Crippen LogP contribution in [0.1, 0.15) is 27.2 Å². The molecule has 3 aromatic carbocycles. The van der Waals surface area contributed by atoms with Crippen LogP contribution in [0.2, 0.25) is 0 Å². The molecule has 7 nitrogen and oxygen atoms in total. The highest BCUT2D eigenvalue weighted by atomic mass is 16.5. The topological polar surface area (TPSA) is 80.1 Å². The maximum atomic E-state index is 14.0. The summed E-state index contributed by atoms with van der Waals surface area (Å²) < 4.78 is 11.3. The monoisotopic (exact) mass is 466 g/mol. The van der Waals surface area contributed by atoms with Crippen molar-refractivity contribution >= 4 is 28.5 Å². The van der Waals surface area contributed by atoms with Gasteiger partial charge in [0.15, 0.2) is 11.0 Å². The Labute approximate surface area is 201 Å². The van der Waals surface area contributed by atoms with E-state index in [2.05, 4.69) is 0 Å². The number of amides is 2. The minimum atomic E-state index is -1.57. The smallest absolute Gasteiger partial charge is 0.291 e. The van der Waals surface area contributed by atoms with E-state index in [-0.39, 0.29) is 29.2 Å². The molecule has 1 spiro atoms. The second-order valence-corrected chi connectivity index (χ2v) is 8.78. The van der Waals surface area contributed by atoms with Crippen LogP contribution < -0.4 is 15.1 Å². The second-order valence-electron chi connectivity index (χ2n) is 8.78. The standard InChI is InChI=1S/C28H22N2O5/c1-29-21-9-5-4-8-20(21)28(27(29)33)23-24(31)19-7-3-6-10-22(19)35-25(23)26(32)30(28)16-15-17-11-13-18(34-2)14-12-17/h3-14H,15-16H2,1-2H3/t28-/m1/s1. The number of methoxy groups -OCH3 is 1. The summed E-state index contributed by atoms with van der Waals surface area (Å²) in [5, 5.41) is 0.343. The number of benzene rings is 3. The third-order valence-corrected chi connectivity index (χ3v) is 7.06. The van der Waals surface area contributed by atoms with Gasteiger partial charge in [-0.2, -0.15) is 0 Å². The van der Waals surface area contributed by atoms with Gasteiger partial charge in [0.05, 0.1) is 18.1 Å². The van der Waals surface area contributed by atoms with Crippen LogP contribution in [0.4, 0.5) is 5.69 Å². The summed E-state index contributed by atoms with van der Waals surface area (Å²) in [7, 11) is 3.27. The Bertz CT molecular complexity index is 1570. The van der Waals surface area contributed by atoms with E-state index in [9.17, 15) is 14.4 Å². The number of hydrogen-bond acceptors (Lipinski definition) is 5. The summed E-state index contributed by atoms with van der Waals surface area (Å²) in [6.07, 6.45) is 0.484. The number of anilines is 1. The first-order valence-corrected chi connectivity index (χ1v) is 11.4. The lowest BCUT2D eigenvalue weighted by atomic mass is 9.84. The van der Waals surface area contributed by atoms with E-state index >= 15 is 0 Å². The molecule has 0 unspecified atom stereocenters. The third kappa shape index (κ3) is 2.75. The molecule has 2 aliphatic heterocycles. The summed E-state index contributed by atoms with van der Waals surface area (Å²) in [6.45, 7) is 0.221. The number of likely N-dealkylation sites (N-methyl/N-ethyl adjacent to an activating group) is 1. The molecule has 0 bridgehead atoms. The number of carbonyl (C=O) groups is 2. The van der Waals surface area contributed by atoms with Crippen LogP contribution in [0, 0.1) is 0 Å². The molecule has 0 N–H and O–H groups in total. The SMILES string of the molecule is COc1ccc(CCN2C(=O)c3oc4ccccc4c(=O)c3[C@]23C(=O)N(C)c2ccccc23)cc1. The van der Waals surface area contributed by atoms with Gasteiger partial charge < -0.3 is 19.0 Å². The maximum Gasteiger partial charge on any atom is 0.291 e. The molecule has 0 fully saturated rings. The molecule has 2 amide bonds. The van der Waals surface area contributed by atoms with Crippen LogP contribution in [0.5, 0.6) is 5.75 Å². The number of nitrogens with zero attached hydrogens (tertiary/aromatic N) is 2. The Morgan fingerprint density at radius 2 is 1.63 bits per heavy atom. The van der Waals surface area contributed by atoms with Crippen LogP contribution in [-0.2, 0) is 16.8 Å². The zero-order valence-electron chi connectivity index (χ0n) is 19.3. The zero-order valence-corrected chi connectivity index (χ0v) is 19.3. The van der Waals surface area contributed by atoms with E-state index in [0.717, 1.165) is 11.3 Å². The van der Waals surface area contributed by atoms with E-state index in [1.54, 1.807) is 38.4 Å². The molecule has 7 heteroatoms. The Balaban J connectivity index is 1.57. The van der Waals surface area contributed by atoms with Gasteiger partial charge in [0.25, 0.3) is 11.8 Å². The number of fused-ring (bicyclic) bond motifs is 5. The summed E-state index contributed by atoms with van der Waals surface area (Å²) in [5.74, 6) is -0.141. The van der Waals surface area contributed by atoms with Crippen molar-refractivity contribution < 1.29 is 18.7 Å². The fraction of sp³-hybridized carbons (Fsp3) is 0.179. The lowest BCUT2D eigenvalue weighted by Crippen LogP contribution is -2.53. The lowest BCUT2D eigenvalue weighted by molar-refractivity contribution is -0.125. The quantitative estimate of drug-likeness (QED) is 0.458. The van der Waals surface area contributed by atoms with Crippen molar-refractivity contribution in [3.63, 3.8) is 0 Å². The van der Waals surface area contributed by atoms with Crippen molar-refractivity contribution in [1.29, 1.82) is 0 Å². The largest absolute Gasteiger partial charge is 0.497 e. The molecule has 4 aromatic rings. The van der Waals surface area contributed by atoms with Crippen LogP contribution in [0.15, 0.2) is 82.0 Å². The minimum absolute atomic E-state index is 0.0677. The second kappa shape index (κ2) is 7.56. The van der Waals surface area contributed by atoms with E-state index in [1.165, 1.54) is 9.80 Å². The van der Waals surface area contributed by atoms with Crippen LogP contribution >= 0.6 is 0 Å². The van der Waals surface area contributed by atoms with Crippen LogP contribution in [0.25, 0.3) is 11.0 Å². The van der Waals surface area contributed by atoms with E-state index < -0.39 is 11.4 Å². The van der Waals surface area contributed by atoms with E-state index in [1.807, 2.05) is 48.5 Å². The number of hydrogen-bond donors (Lipinski definition) is 0. The van der Waals surface area contributed by atoms with Gasteiger partial charge >= 0.3 is 0 Å². The Kier molecular flexibility index (Phi) is 4.57. The summed E-state index contributed by atoms with van der Waals surface area (Å²) in [6, 6.07) is 21.7. The van der Waals surface area contributed by atoms with Gasteiger partial charge in [0.2, 0.25) is 5.76 Å². The van der Waals surface area contributed by atoms with Gasteiger partial charge in [0.1, 0.15) is 11.3 Å². The predicted molar refractivity (Wildman–Crippen MR) is 131 cm³/mol. The van der Waals surface area contributed by atoms with Crippen molar-refractivity contribution in [2.75, 3.05) is 25.6 Å². The van der Waals surface area contributed by atoms with Gasteiger partial charge in [-0.15, -0.1) is 0 Å². The average molecular weight is 466 g/mol. The molecule has 0 saturated heterocycles. The van der Waals surface area contributed by atoms with Gasteiger partial charge in [-0.25, -0.2) is 0 Å². The maximum absolute atomic E-state index is 14.0. The summed E-state index contributed by atoms with van der Waals surface area (Å²) in [4.78, 5) is 44.7. The molecule has 0 saturated carbocycles. The molecule has 174 valence electrons. The molecule has 35 heavy (non-hydrogen) atoms. The van der Waals surface area contributed by atoms with Crippen molar-refractivity contribution in [2.45, 2.75) is 12.0 Å². The molecule has 1 atom stereocenters. The van der Waals surface area contributed by atoms with Gasteiger partial charge in [-0.1, -0.05) is 42.5 Å². The number of para-hydroxylation sites is 2. The molecule has 6 rings (SSSR count). The predicted octanol–water partition coefficient (Wildman–Crippen LogP) is 3.72. The van der Waals surface area contributed by atoms with Gasteiger partial charge in [-0.05, 0) is 42.3 Å². The fourth-order valence-corrected chi connectivity index (χ4v) is 5.38. The molecule has 0 aliphatic carbocycles. The number of carbonyl (C=O) groups excluding carboxylic acids is 2. The number of rotatable bonds is 4. The van der Waals surface area contributed by atoms with E-state index in [4.69, 9.17) is 9.15 Å². The summed E-state index contributed by atoms with van der Waals surface area (Å²) in [5.41, 5.74) is 0.731. The Morgan fingerprint density at radius 1 is 0.914 bits per heavy atom. The van der Waals surface area contributed by atoms with Crippen molar-refractivity contribution in [3.8, 4) is 5.75 Å². The highest BCUT2D eigenvalue weighted by Crippen LogP contribution is 2.52. The first-order chi connectivity index (χ1) is 17.0. The number of ether oxygens (including phenoxy) is 1. The molecule has 2 aliphatic rings. The van der Waals surface area contributed by atoms with Crippen molar-refractivity contribution in [3.05, 3.63) is 105 Å². The first-order valence-electron chi connectivity index (χ1n) is 11.4. The third-order valence-electron chi connectivity index (χ3n) is 7.06. The highest BCUT2D eigenvalue weighted by Gasteiger charge is 2.64. The molecular weight excluding hydrogens is 444 g/mol. The average Bonchev–Trinajstić information content (AvgIpc) is 3.27. The van der Waals surface area contributed by atoms with Crippen molar-refractivity contribution in [1.82, 2.24) is 4.90 Å². The normalized spacial score (nSPS) is 18.5. The lowest BCUT2D eigenvalue weighted by Gasteiger charge is -2.34. The van der Waals surface area contributed by atoms with Crippen molar-refractivity contribution in [2.24, 2.45) is 0 Å². The Hall–Kier alpha value is -4.39. The Morgan fingerprint density at radius 3 is 2.40 bits per heavy atom. The van der Waals surface area contributed by atoms with E-state index in [0.29, 0.717) is 28.6 Å². The molecule has 0 radical (unpaired) electrons. The first kappa shape index (κ1) is 21.2.